The Hall–Kier alpha value is -1.92. The van der Waals surface area contributed by atoms with E-state index >= 15 is 0 Å². The summed E-state index contributed by atoms with van der Waals surface area (Å²) in [6, 6.07) is -0.356. The fourth-order valence-electron chi connectivity index (χ4n) is 2.73. The largest absolute Gasteiger partial charge is 0.345 e. The van der Waals surface area contributed by atoms with Gasteiger partial charge in [0.05, 0.1) is 0 Å². The van der Waals surface area contributed by atoms with Crippen LogP contribution in [0.5, 0.6) is 0 Å². The molecule has 1 fully saturated rings. The molecule has 1 aromatic rings. The quantitative estimate of drug-likeness (QED) is 0.862. The van der Waals surface area contributed by atoms with E-state index < -0.39 is 0 Å². The Labute approximate surface area is 143 Å². The van der Waals surface area contributed by atoms with Gasteiger partial charge in [-0.15, -0.1) is 0 Å². The predicted octanol–water partition coefficient (Wildman–Crippen LogP) is 2.55. The summed E-state index contributed by atoms with van der Waals surface area (Å²) in [5.41, 5.74) is 0. The van der Waals surface area contributed by atoms with Gasteiger partial charge in [-0.25, -0.2) is 0 Å². The maximum atomic E-state index is 12.2. The van der Waals surface area contributed by atoms with Gasteiger partial charge in [0, 0.05) is 31.8 Å². The van der Waals surface area contributed by atoms with E-state index in [2.05, 4.69) is 15.5 Å². The highest BCUT2D eigenvalue weighted by Gasteiger charge is 2.20. The Bertz CT molecular complexity index is 548. The van der Waals surface area contributed by atoms with Gasteiger partial charge in [-0.05, 0) is 19.8 Å². The van der Waals surface area contributed by atoms with Crippen molar-refractivity contribution >= 4 is 11.8 Å². The summed E-state index contributed by atoms with van der Waals surface area (Å²) in [7, 11) is 0. The summed E-state index contributed by atoms with van der Waals surface area (Å²) >= 11 is 0. The summed E-state index contributed by atoms with van der Waals surface area (Å²) in [5, 5.41) is 6.70. The summed E-state index contributed by atoms with van der Waals surface area (Å²) in [6.45, 7) is 7.39. The molecule has 24 heavy (non-hydrogen) atoms. The number of likely N-dealkylation sites (tertiary alicyclic amines) is 1. The molecular weight excluding hydrogens is 308 g/mol. The van der Waals surface area contributed by atoms with Crippen LogP contribution >= 0.6 is 0 Å². The van der Waals surface area contributed by atoms with Crippen molar-refractivity contribution in [3.8, 4) is 0 Å². The zero-order valence-corrected chi connectivity index (χ0v) is 14.9. The lowest BCUT2D eigenvalue weighted by Gasteiger charge is -2.20. The van der Waals surface area contributed by atoms with Crippen LogP contribution in [0.1, 0.15) is 83.0 Å². The van der Waals surface area contributed by atoms with E-state index in [0.29, 0.717) is 11.7 Å². The van der Waals surface area contributed by atoms with Crippen molar-refractivity contribution in [2.75, 3.05) is 13.1 Å². The molecule has 2 heterocycles. The standard InChI is InChI=1S/C17H28N4O3/c1-12(2)16-19-17(24-20-16)13(3)18-14(22)8-9-15(23)21-10-6-4-5-7-11-21/h12-13H,4-11H2,1-3H3,(H,18,22). The third-order valence-electron chi connectivity index (χ3n) is 4.25. The average Bonchev–Trinajstić information content (AvgIpc) is 2.89. The molecule has 0 aliphatic carbocycles. The number of rotatable bonds is 6. The van der Waals surface area contributed by atoms with Gasteiger partial charge < -0.3 is 14.7 Å². The van der Waals surface area contributed by atoms with E-state index in [9.17, 15) is 9.59 Å². The normalized spacial score (nSPS) is 16.8. The first-order valence-corrected chi connectivity index (χ1v) is 8.88. The number of carbonyl (C=O) groups excluding carboxylic acids is 2. The second-order valence-corrected chi connectivity index (χ2v) is 6.73. The number of aromatic nitrogens is 2. The highest BCUT2D eigenvalue weighted by molar-refractivity contribution is 5.83. The third-order valence-corrected chi connectivity index (χ3v) is 4.25. The van der Waals surface area contributed by atoms with E-state index in [0.717, 1.165) is 25.9 Å². The van der Waals surface area contributed by atoms with Gasteiger partial charge in [0.25, 0.3) is 0 Å². The molecule has 1 N–H and O–H groups in total. The molecule has 1 saturated heterocycles. The summed E-state index contributed by atoms with van der Waals surface area (Å²) in [6.07, 6.45) is 4.92. The smallest absolute Gasteiger partial charge is 0.248 e. The van der Waals surface area contributed by atoms with Crippen molar-refractivity contribution < 1.29 is 14.1 Å². The van der Waals surface area contributed by atoms with Crippen LogP contribution in [0.15, 0.2) is 4.52 Å². The van der Waals surface area contributed by atoms with Crippen molar-refractivity contribution in [3.05, 3.63) is 11.7 Å². The van der Waals surface area contributed by atoms with Crippen LogP contribution in [0.4, 0.5) is 0 Å². The monoisotopic (exact) mass is 336 g/mol. The van der Waals surface area contributed by atoms with Crippen molar-refractivity contribution in [3.63, 3.8) is 0 Å². The molecule has 0 radical (unpaired) electrons. The van der Waals surface area contributed by atoms with E-state index in [1.165, 1.54) is 12.8 Å². The van der Waals surface area contributed by atoms with Crippen molar-refractivity contribution in [1.82, 2.24) is 20.4 Å². The average molecular weight is 336 g/mol. The molecular formula is C17H28N4O3. The van der Waals surface area contributed by atoms with Crippen LogP contribution in [-0.4, -0.2) is 39.9 Å². The van der Waals surface area contributed by atoms with Crippen LogP contribution in [-0.2, 0) is 9.59 Å². The highest BCUT2D eigenvalue weighted by Crippen LogP contribution is 2.15. The van der Waals surface area contributed by atoms with Crippen LogP contribution in [0.3, 0.4) is 0 Å². The Morgan fingerprint density at radius 3 is 2.38 bits per heavy atom. The second kappa shape index (κ2) is 8.80. The lowest BCUT2D eigenvalue weighted by molar-refractivity contribution is -0.133. The van der Waals surface area contributed by atoms with Gasteiger partial charge in [-0.2, -0.15) is 4.98 Å². The number of amides is 2. The SMILES string of the molecule is CC(C)c1noc(C(C)NC(=O)CCC(=O)N2CCCCCC2)n1. The topological polar surface area (TPSA) is 88.3 Å². The molecule has 1 aromatic heterocycles. The van der Waals surface area contributed by atoms with E-state index in [-0.39, 0.29) is 36.6 Å². The molecule has 134 valence electrons. The van der Waals surface area contributed by atoms with Gasteiger partial charge in [0.2, 0.25) is 17.7 Å². The maximum absolute atomic E-state index is 12.2. The first-order valence-electron chi connectivity index (χ1n) is 8.88. The number of nitrogens with zero attached hydrogens (tertiary/aromatic N) is 3. The molecule has 2 amide bonds. The molecule has 0 aromatic carbocycles. The molecule has 2 rings (SSSR count). The highest BCUT2D eigenvalue weighted by atomic mass is 16.5. The van der Waals surface area contributed by atoms with Gasteiger partial charge in [-0.1, -0.05) is 31.8 Å². The van der Waals surface area contributed by atoms with Gasteiger partial charge >= 0.3 is 0 Å². The number of carbonyl (C=O) groups is 2. The molecule has 1 atom stereocenters. The fourth-order valence-corrected chi connectivity index (χ4v) is 2.73. The molecule has 7 heteroatoms. The Morgan fingerprint density at radius 2 is 1.79 bits per heavy atom. The van der Waals surface area contributed by atoms with E-state index in [1.807, 2.05) is 18.7 Å². The molecule has 1 aliphatic heterocycles. The van der Waals surface area contributed by atoms with Crippen molar-refractivity contribution in [2.24, 2.45) is 0 Å². The zero-order chi connectivity index (χ0) is 17.5. The van der Waals surface area contributed by atoms with Gasteiger partial charge in [0.1, 0.15) is 6.04 Å². The van der Waals surface area contributed by atoms with Crippen LogP contribution in [0.2, 0.25) is 0 Å². The molecule has 1 aliphatic rings. The molecule has 1 unspecified atom stereocenters. The number of hydrogen-bond acceptors (Lipinski definition) is 5. The van der Waals surface area contributed by atoms with E-state index in [4.69, 9.17) is 4.52 Å². The molecule has 0 saturated carbocycles. The number of nitrogens with one attached hydrogen (secondary N) is 1. The second-order valence-electron chi connectivity index (χ2n) is 6.73. The maximum Gasteiger partial charge on any atom is 0.248 e. The summed E-state index contributed by atoms with van der Waals surface area (Å²) < 4.78 is 5.17. The first-order chi connectivity index (χ1) is 11.5. The Morgan fingerprint density at radius 1 is 1.12 bits per heavy atom. The Kier molecular flexibility index (Phi) is 6.75. The van der Waals surface area contributed by atoms with Gasteiger partial charge in [-0.3, -0.25) is 9.59 Å². The molecule has 0 spiro atoms. The predicted molar refractivity (Wildman–Crippen MR) is 89.2 cm³/mol. The lowest BCUT2D eigenvalue weighted by atomic mass is 10.2. The first kappa shape index (κ1) is 18.4. The minimum atomic E-state index is -0.356. The summed E-state index contributed by atoms with van der Waals surface area (Å²) in [5.74, 6) is 1.10. The third kappa shape index (κ3) is 5.32. The Balaban J connectivity index is 1.76. The number of hydrogen-bond donors (Lipinski definition) is 1. The fraction of sp³-hybridized carbons (Fsp3) is 0.765. The van der Waals surface area contributed by atoms with E-state index in [1.54, 1.807) is 6.92 Å². The molecule has 0 bridgehead atoms. The zero-order valence-electron chi connectivity index (χ0n) is 14.9. The summed E-state index contributed by atoms with van der Waals surface area (Å²) in [4.78, 5) is 30.4. The minimum absolute atomic E-state index is 0.0691. The lowest BCUT2D eigenvalue weighted by Crippen LogP contribution is -2.33. The molecule has 7 nitrogen and oxygen atoms in total. The van der Waals surface area contributed by atoms with Crippen LogP contribution < -0.4 is 5.32 Å². The van der Waals surface area contributed by atoms with Crippen molar-refractivity contribution in [1.29, 1.82) is 0 Å². The van der Waals surface area contributed by atoms with Crippen LogP contribution in [0.25, 0.3) is 0 Å². The minimum Gasteiger partial charge on any atom is -0.345 e. The van der Waals surface area contributed by atoms with Crippen molar-refractivity contribution in [2.45, 2.75) is 71.3 Å². The van der Waals surface area contributed by atoms with Gasteiger partial charge in [0.15, 0.2) is 5.82 Å². The van der Waals surface area contributed by atoms with Crippen LogP contribution in [0, 0.1) is 0 Å².